The van der Waals surface area contributed by atoms with Gasteiger partial charge in [-0.3, -0.25) is 0 Å². The summed E-state index contributed by atoms with van der Waals surface area (Å²) >= 11 is 3.89. The van der Waals surface area contributed by atoms with Gasteiger partial charge in [0.25, 0.3) is 0 Å². The Bertz CT molecular complexity index is 634. The summed E-state index contributed by atoms with van der Waals surface area (Å²) in [6.07, 6.45) is 4.79. The van der Waals surface area contributed by atoms with Gasteiger partial charge in [0.15, 0.2) is 0 Å². The first-order chi connectivity index (χ1) is 10.0. The lowest BCUT2D eigenvalue weighted by molar-refractivity contribution is 0.475. The molecule has 3 rings (SSSR count). The van der Waals surface area contributed by atoms with E-state index in [1.807, 2.05) is 18.2 Å². The van der Waals surface area contributed by atoms with Crippen molar-refractivity contribution in [1.82, 2.24) is 4.98 Å². The number of benzene rings is 1. The predicted octanol–water partition coefficient (Wildman–Crippen LogP) is 5.00. The van der Waals surface area contributed by atoms with Crippen LogP contribution < -0.4 is 5.32 Å². The van der Waals surface area contributed by atoms with Gasteiger partial charge in [0.2, 0.25) is 0 Å². The summed E-state index contributed by atoms with van der Waals surface area (Å²) < 4.78 is 0.0321. The number of halogens is 1. The molecule has 21 heavy (non-hydrogen) atoms. The Hall–Kier alpha value is -1.55. The van der Waals surface area contributed by atoms with E-state index in [2.05, 4.69) is 34.2 Å². The van der Waals surface area contributed by atoms with E-state index in [4.69, 9.17) is 4.98 Å². The summed E-state index contributed by atoms with van der Waals surface area (Å²) in [5.41, 5.74) is 3.24. The molecule has 1 aromatic heterocycles. The van der Waals surface area contributed by atoms with Gasteiger partial charge >= 0.3 is 0 Å². The van der Waals surface area contributed by atoms with Gasteiger partial charge in [0, 0.05) is 5.69 Å². The highest BCUT2D eigenvalue weighted by Gasteiger charge is 2.34. The minimum absolute atomic E-state index is 0.0321. The molecule has 110 valence electrons. The van der Waals surface area contributed by atoms with E-state index in [0.29, 0.717) is 0 Å². The average Bonchev–Trinajstić information content (AvgIpc) is 2.89. The van der Waals surface area contributed by atoms with E-state index in [-0.39, 0.29) is 10.1 Å². The molecule has 4 heteroatoms. The molecule has 1 fully saturated rings. The smallest absolute Gasteiger partial charge is 0.130 e. The minimum atomic E-state index is 0.0321. The first kappa shape index (κ1) is 14.4. The van der Waals surface area contributed by atoms with E-state index in [1.54, 1.807) is 12.1 Å². The van der Waals surface area contributed by atoms with Crippen molar-refractivity contribution in [3.05, 3.63) is 47.7 Å². The van der Waals surface area contributed by atoms with Gasteiger partial charge in [-0.2, -0.15) is 0 Å². The number of phenols is 1. The fourth-order valence-electron chi connectivity index (χ4n) is 2.85. The number of anilines is 2. The molecule has 2 N–H and O–H groups in total. The van der Waals surface area contributed by atoms with Crippen molar-refractivity contribution in [3.8, 4) is 5.75 Å². The van der Waals surface area contributed by atoms with Gasteiger partial charge in [-0.15, -0.1) is 0 Å². The number of aryl methyl sites for hydroxylation is 1. The van der Waals surface area contributed by atoms with Crippen LogP contribution in [-0.2, 0) is 4.32 Å². The maximum Gasteiger partial charge on any atom is 0.130 e. The number of nitrogens with one attached hydrogen (secondary N) is 1. The van der Waals surface area contributed by atoms with Crippen LogP contribution in [0.2, 0.25) is 0 Å². The lowest BCUT2D eigenvalue weighted by Crippen LogP contribution is -2.15. The molecule has 1 saturated carbocycles. The number of alkyl halides is 1. The molecule has 1 heterocycles. The highest BCUT2D eigenvalue weighted by molar-refractivity contribution is 9.09. The van der Waals surface area contributed by atoms with Gasteiger partial charge in [0.1, 0.15) is 11.6 Å². The lowest BCUT2D eigenvalue weighted by Gasteiger charge is -2.22. The summed E-state index contributed by atoms with van der Waals surface area (Å²) in [4.78, 5) is 4.78. The summed E-state index contributed by atoms with van der Waals surface area (Å²) in [7, 11) is 0. The lowest BCUT2D eigenvalue weighted by atomic mass is 10.0. The zero-order chi connectivity index (χ0) is 14.9. The molecule has 0 radical (unpaired) electrons. The normalized spacial score (nSPS) is 16.9. The van der Waals surface area contributed by atoms with Gasteiger partial charge in [0.05, 0.1) is 10.0 Å². The molecule has 1 aromatic carbocycles. The Balaban J connectivity index is 1.89. The van der Waals surface area contributed by atoms with Gasteiger partial charge in [-0.05, 0) is 61.7 Å². The molecular weight excluding hydrogens is 328 g/mol. The first-order valence-electron chi connectivity index (χ1n) is 7.29. The van der Waals surface area contributed by atoms with E-state index < -0.39 is 0 Å². The maximum atomic E-state index is 9.34. The van der Waals surface area contributed by atoms with Crippen molar-refractivity contribution in [2.24, 2.45) is 0 Å². The maximum absolute atomic E-state index is 9.34. The van der Waals surface area contributed by atoms with Crippen LogP contribution in [0.4, 0.5) is 11.5 Å². The molecule has 1 aliphatic rings. The van der Waals surface area contributed by atoms with Crippen LogP contribution in [0.15, 0.2) is 36.4 Å². The van der Waals surface area contributed by atoms with Gasteiger partial charge in [-0.25, -0.2) is 4.98 Å². The van der Waals surface area contributed by atoms with Crippen LogP contribution in [0.1, 0.15) is 36.9 Å². The molecule has 0 bridgehead atoms. The van der Waals surface area contributed by atoms with E-state index in [1.165, 1.54) is 18.4 Å². The topological polar surface area (TPSA) is 45.1 Å². The number of hydrogen-bond donors (Lipinski definition) is 2. The van der Waals surface area contributed by atoms with Crippen molar-refractivity contribution >= 4 is 27.4 Å². The number of aromatic hydroxyl groups is 1. The zero-order valence-corrected chi connectivity index (χ0v) is 13.7. The SMILES string of the molecule is Cc1cc(Nc2ccc(O)cc2)nc(C2(Br)CCCC2)c1. The van der Waals surface area contributed by atoms with Crippen LogP contribution in [0.3, 0.4) is 0 Å². The number of aromatic nitrogens is 1. The van der Waals surface area contributed by atoms with Crippen LogP contribution in [0, 0.1) is 6.92 Å². The number of phenolic OH excluding ortho intramolecular Hbond substituents is 1. The molecule has 0 spiro atoms. The number of nitrogens with zero attached hydrogens (tertiary/aromatic N) is 1. The third-order valence-electron chi connectivity index (χ3n) is 3.96. The van der Waals surface area contributed by atoms with Crippen molar-refractivity contribution in [2.45, 2.75) is 36.9 Å². The molecule has 0 aliphatic heterocycles. The molecule has 0 unspecified atom stereocenters. The molecular formula is C17H19BrN2O. The van der Waals surface area contributed by atoms with Crippen molar-refractivity contribution in [1.29, 1.82) is 0 Å². The Morgan fingerprint density at radius 3 is 2.48 bits per heavy atom. The predicted molar refractivity (Wildman–Crippen MR) is 89.4 cm³/mol. The van der Waals surface area contributed by atoms with Crippen LogP contribution in [0.5, 0.6) is 5.75 Å². The van der Waals surface area contributed by atoms with Crippen LogP contribution in [-0.4, -0.2) is 10.1 Å². The number of pyridine rings is 1. The first-order valence-corrected chi connectivity index (χ1v) is 8.09. The van der Waals surface area contributed by atoms with Crippen molar-refractivity contribution in [2.75, 3.05) is 5.32 Å². The summed E-state index contributed by atoms with van der Waals surface area (Å²) in [6, 6.07) is 11.2. The van der Waals surface area contributed by atoms with E-state index in [9.17, 15) is 5.11 Å². The monoisotopic (exact) mass is 346 g/mol. The Morgan fingerprint density at radius 2 is 1.81 bits per heavy atom. The Kier molecular flexibility index (Phi) is 3.89. The Morgan fingerprint density at radius 1 is 1.14 bits per heavy atom. The van der Waals surface area contributed by atoms with Gasteiger partial charge in [-0.1, -0.05) is 28.8 Å². The van der Waals surface area contributed by atoms with E-state index >= 15 is 0 Å². The Labute approximate surface area is 133 Å². The third kappa shape index (κ3) is 3.21. The largest absolute Gasteiger partial charge is 0.508 e. The molecule has 2 aromatic rings. The van der Waals surface area contributed by atoms with Crippen molar-refractivity contribution < 1.29 is 5.11 Å². The molecule has 0 amide bonds. The highest BCUT2D eigenvalue weighted by atomic mass is 79.9. The molecule has 0 saturated heterocycles. The standard InChI is InChI=1S/C17H19BrN2O/c1-12-10-15(17(18)8-2-3-9-17)20-16(11-12)19-13-4-6-14(21)7-5-13/h4-7,10-11,21H,2-3,8-9H2,1H3,(H,19,20). The second kappa shape index (κ2) is 5.68. The minimum Gasteiger partial charge on any atom is -0.508 e. The molecule has 1 aliphatic carbocycles. The molecule has 3 nitrogen and oxygen atoms in total. The fraction of sp³-hybridized carbons (Fsp3) is 0.353. The van der Waals surface area contributed by atoms with Crippen LogP contribution in [0.25, 0.3) is 0 Å². The average molecular weight is 347 g/mol. The van der Waals surface area contributed by atoms with Crippen LogP contribution >= 0.6 is 15.9 Å². The second-order valence-electron chi connectivity index (χ2n) is 5.76. The molecule has 0 atom stereocenters. The quantitative estimate of drug-likeness (QED) is 0.606. The summed E-state index contributed by atoms with van der Waals surface area (Å²) in [5, 5.41) is 12.6. The number of hydrogen-bond acceptors (Lipinski definition) is 3. The zero-order valence-electron chi connectivity index (χ0n) is 12.1. The van der Waals surface area contributed by atoms with E-state index in [0.717, 1.165) is 30.0 Å². The summed E-state index contributed by atoms with van der Waals surface area (Å²) in [6.45, 7) is 2.10. The highest BCUT2D eigenvalue weighted by Crippen LogP contribution is 2.46. The number of rotatable bonds is 3. The second-order valence-corrected chi connectivity index (χ2v) is 7.28. The fourth-order valence-corrected chi connectivity index (χ4v) is 3.61. The summed E-state index contributed by atoms with van der Waals surface area (Å²) in [5.74, 6) is 1.12. The van der Waals surface area contributed by atoms with Crippen molar-refractivity contribution in [3.63, 3.8) is 0 Å². The third-order valence-corrected chi connectivity index (χ3v) is 5.16. The van der Waals surface area contributed by atoms with Gasteiger partial charge < -0.3 is 10.4 Å².